The van der Waals surface area contributed by atoms with Crippen molar-refractivity contribution in [1.82, 2.24) is 9.78 Å². The molecule has 0 aliphatic heterocycles. The van der Waals surface area contributed by atoms with E-state index in [0.717, 1.165) is 18.5 Å². The molecule has 2 saturated carbocycles. The van der Waals surface area contributed by atoms with E-state index in [2.05, 4.69) is 22.0 Å². The van der Waals surface area contributed by atoms with E-state index in [9.17, 15) is 4.79 Å². The predicted molar refractivity (Wildman–Crippen MR) is 84.3 cm³/mol. The van der Waals surface area contributed by atoms with Gasteiger partial charge < -0.3 is 0 Å². The molecule has 3 nitrogen and oxygen atoms in total. The number of nitrogens with zero attached hydrogens (tertiary/aromatic N) is 2. The highest BCUT2D eigenvalue weighted by atomic mass is 16.1. The number of carbonyl (C=O) groups is 1. The molecular weight excluding hydrogens is 260 g/mol. The Hall–Kier alpha value is -1.12. The Bertz CT molecular complexity index is 452. The Morgan fingerprint density at radius 2 is 1.62 bits per heavy atom. The summed E-state index contributed by atoms with van der Waals surface area (Å²) >= 11 is 0. The topological polar surface area (TPSA) is 34.9 Å². The smallest absolute Gasteiger partial charge is 0.141 e. The van der Waals surface area contributed by atoms with Crippen LogP contribution in [-0.4, -0.2) is 15.6 Å². The fourth-order valence-corrected chi connectivity index (χ4v) is 3.94. The third kappa shape index (κ3) is 3.96. The second kappa shape index (κ2) is 7.24. The highest BCUT2D eigenvalue weighted by Gasteiger charge is 2.22. The molecule has 2 fully saturated rings. The minimum atomic E-state index is 0.293. The van der Waals surface area contributed by atoms with Gasteiger partial charge in [-0.05, 0) is 31.7 Å². The van der Waals surface area contributed by atoms with Crippen LogP contribution in [0.25, 0.3) is 0 Å². The molecule has 0 spiro atoms. The van der Waals surface area contributed by atoms with Gasteiger partial charge in [0.2, 0.25) is 0 Å². The summed E-state index contributed by atoms with van der Waals surface area (Å²) < 4.78 is 2.10. The molecule has 0 bridgehead atoms. The maximum absolute atomic E-state index is 12.5. The van der Waals surface area contributed by atoms with Gasteiger partial charge >= 0.3 is 0 Å². The standard InChI is InChI=1S/C18H28N2O/c21-18(15-8-4-2-1-3-5-9-15)14-16-12-13-20(19-16)17-10-6-7-11-17/h12-13,15,17H,1-11,14H2. The van der Waals surface area contributed by atoms with E-state index in [1.807, 2.05) is 0 Å². The molecule has 2 aliphatic carbocycles. The van der Waals surface area contributed by atoms with Crippen molar-refractivity contribution in [3.05, 3.63) is 18.0 Å². The summed E-state index contributed by atoms with van der Waals surface area (Å²) in [6.45, 7) is 0. The largest absolute Gasteiger partial charge is 0.299 e. The van der Waals surface area contributed by atoms with Gasteiger partial charge in [-0.15, -0.1) is 0 Å². The molecule has 1 aromatic heterocycles. The van der Waals surface area contributed by atoms with Crippen LogP contribution in [-0.2, 0) is 11.2 Å². The van der Waals surface area contributed by atoms with Crippen molar-refractivity contribution in [3.8, 4) is 0 Å². The zero-order valence-corrected chi connectivity index (χ0v) is 13.1. The van der Waals surface area contributed by atoms with Crippen LogP contribution < -0.4 is 0 Å². The number of hydrogen-bond acceptors (Lipinski definition) is 2. The van der Waals surface area contributed by atoms with Crippen molar-refractivity contribution in [2.45, 2.75) is 83.1 Å². The number of hydrogen-bond donors (Lipinski definition) is 0. The third-order valence-electron chi connectivity index (χ3n) is 5.28. The highest BCUT2D eigenvalue weighted by Crippen LogP contribution is 2.29. The van der Waals surface area contributed by atoms with Crippen LogP contribution in [0.5, 0.6) is 0 Å². The Morgan fingerprint density at radius 1 is 1.00 bits per heavy atom. The summed E-state index contributed by atoms with van der Waals surface area (Å²) in [6, 6.07) is 2.63. The summed E-state index contributed by atoms with van der Waals surface area (Å²) in [6.07, 6.45) is 16.4. The minimum Gasteiger partial charge on any atom is -0.299 e. The molecule has 0 saturated heterocycles. The first-order valence-corrected chi connectivity index (χ1v) is 8.89. The number of rotatable bonds is 4. The Kier molecular flexibility index (Phi) is 5.10. The van der Waals surface area contributed by atoms with E-state index in [1.165, 1.54) is 57.8 Å². The van der Waals surface area contributed by atoms with Crippen molar-refractivity contribution in [2.24, 2.45) is 5.92 Å². The van der Waals surface area contributed by atoms with Crippen molar-refractivity contribution in [3.63, 3.8) is 0 Å². The molecule has 0 radical (unpaired) electrons. The van der Waals surface area contributed by atoms with E-state index in [0.29, 0.717) is 24.2 Å². The van der Waals surface area contributed by atoms with Crippen molar-refractivity contribution in [1.29, 1.82) is 0 Å². The predicted octanol–water partition coefficient (Wildman–Crippen LogP) is 4.47. The summed E-state index contributed by atoms with van der Waals surface area (Å²) in [7, 11) is 0. The molecule has 1 aromatic rings. The molecule has 2 aliphatic rings. The quantitative estimate of drug-likeness (QED) is 0.819. The molecule has 116 valence electrons. The van der Waals surface area contributed by atoms with Crippen LogP contribution in [0.4, 0.5) is 0 Å². The van der Waals surface area contributed by atoms with Crippen molar-refractivity contribution >= 4 is 5.78 Å². The lowest BCUT2D eigenvalue weighted by molar-refractivity contribution is -0.122. The van der Waals surface area contributed by atoms with E-state index >= 15 is 0 Å². The fraction of sp³-hybridized carbons (Fsp3) is 0.778. The lowest BCUT2D eigenvalue weighted by Crippen LogP contribution is -2.18. The Labute approximate surface area is 128 Å². The van der Waals surface area contributed by atoms with Crippen molar-refractivity contribution < 1.29 is 4.79 Å². The van der Waals surface area contributed by atoms with Crippen LogP contribution in [0.1, 0.15) is 82.4 Å². The van der Waals surface area contributed by atoms with Gasteiger partial charge in [-0.25, -0.2) is 0 Å². The lowest BCUT2D eigenvalue weighted by atomic mass is 9.87. The first-order chi connectivity index (χ1) is 10.3. The zero-order valence-electron chi connectivity index (χ0n) is 13.1. The van der Waals surface area contributed by atoms with Crippen LogP contribution in [0, 0.1) is 5.92 Å². The molecule has 0 unspecified atom stereocenters. The van der Waals surface area contributed by atoms with Gasteiger partial charge in [-0.2, -0.15) is 5.10 Å². The van der Waals surface area contributed by atoms with Gasteiger partial charge in [0.15, 0.2) is 0 Å². The molecule has 0 N–H and O–H groups in total. The molecule has 1 heterocycles. The maximum atomic E-state index is 12.5. The van der Waals surface area contributed by atoms with Crippen LogP contribution in [0.2, 0.25) is 0 Å². The second-order valence-electron chi connectivity index (χ2n) is 6.91. The first kappa shape index (κ1) is 14.8. The number of carbonyl (C=O) groups excluding carboxylic acids is 1. The van der Waals surface area contributed by atoms with Crippen molar-refractivity contribution in [2.75, 3.05) is 0 Å². The van der Waals surface area contributed by atoms with Crippen LogP contribution in [0.3, 0.4) is 0 Å². The molecule has 3 heteroatoms. The van der Waals surface area contributed by atoms with Gasteiger partial charge in [0.1, 0.15) is 5.78 Å². The first-order valence-electron chi connectivity index (χ1n) is 8.89. The monoisotopic (exact) mass is 288 g/mol. The Balaban J connectivity index is 1.56. The normalized spacial score (nSPS) is 22.1. The average Bonchev–Trinajstić information content (AvgIpc) is 3.07. The average molecular weight is 288 g/mol. The van der Waals surface area contributed by atoms with Crippen LogP contribution >= 0.6 is 0 Å². The number of aromatic nitrogens is 2. The Morgan fingerprint density at radius 3 is 2.33 bits per heavy atom. The molecule has 0 atom stereocenters. The van der Waals surface area contributed by atoms with Gasteiger partial charge in [-0.1, -0.05) is 44.9 Å². The summed E-state index contributed by atoms with van der Waals surface area (Å²) in [4.78, 5) is 12.5. The molecular formula is C18H28N2O. The maximum Gasteiger partial charge on any atom is 0.141 e. The van der Waals surface area contributed by atoms with Gasteiger partial charge in [0.25, 0.3) is 0 Å². The summed E-state index contributed by atoms with van der Waals surface area (Å²) in [5, 5.41) is 4.66. The van der Waals surface area contributed by atoms with E-state index in [-0.39, 0.29) is 0 Å². The van der Waals surface area contributed by atoms with Gasteiger partial charge in [0.05, 0.1) is 18.2 Å². The van der Waals surface area contributed by atoms with Gasteiger partial charge in [-0.3, -0.25) is 9.48 Å². The molecule has 0 amide bonds. The highest BCUT2D eigenvalue weighted by molar-refractivity contribution is 5.82. The molecule has 0 aromatic carbocycles. The van der Waals surface area contributed by atoms with Gasteiger partial charge in [0, 0.05) is 12.1 Å². The van der Waals surface area contributed by atoms with E-state index in [4.69, 9.17) is 0 Å². The third-order valence-corrected chi connectivity index (χ3v) is 5.28. The van der Waals surface area contributed by atoms with Crippen LogP contribution in [0.15, 0.2) is 12.3 Å². The zero-order chi connectivity index (χ0) is 14.5. The van der Waals surface area contributed by atoms with E-state index < -0.39 is 0 Å². The minimum absolute atomic E-state index is 0.293. The molecule has 3 rings (SSSR count). The fourth-order valence-electron chi connectivity index (χ4n) is 3.94. The number of Topliss-reactive ketones (excluding diaryl/α,β-unsaturated/α-hetero) is 1. The number of ketones is 1. The van der Waals surface area contributed by atoms with E-state index in [1.54, 1.807) is 0 Å². The summed E-state index contributed by atoms with van der Waals surface area (Å²) in [5.41, 5.74) is 0.981. The summed E-state index contributed by atoms with van der Waals surface area (Å²) in [5.74, 6) is 0.718. The molecule has 21 heavy (non-hydrogen) atoms. The second-order valence-corrected chi connectivity index (χ2v) is 6.91. The lowest BCUT2D eigenvalue weighted by Gasteiger charge is -2.18. The SMILES string of the molecule is O=C(Cc1ccn(C2CCCC2)n1)C1CCCCCCC1.